The molecule has 0 heterocycles. The van der Waals surface area contributed by atoms with Crippen LogP contribution in [0, 0.1) is 0 Å². The molecule has 1 aromatic rings. The first-order valence-corrected chi connectivity index (χ1v) is 6.87. The van der Waals surface area contributed by atoms with Crippen LogP contribution < -0.4 is 16.2 Å². The second-order valence-electron chi connectivity index (χ2n) is 4.51. The van der Waals surface area contributed by atoms with Crippen molar-refractivity contribution in [1.29, 1.82) is 0 Å². The molecule has 106 valence electrons. The van der Waals surface area contributed by atoms with Gasteiger partial charge in [-0.3, -0.25) is 0 Å². The van der Waals surface area contributed by atoms with Crippen LogP contribution in [0.5, 0.6) is 0 Å². The normalized spacial score (nSPS) is 18.1. The highest BCUT2D eigenvalue weighted by atomic mass is 32.2. The van der Waals surface area contributed by atoms with Gasteiger partial charge in [0.1, 0.15) is 10.4 Å². The van der Waals surface area contributed by atoms with Crippen LogP contribution in [0.3, 0.4) is 0 Å². The van der Waals surface area contributed by atoms with Gasteiger partial charge in [-0.1, -0.05) is 0 Å². The summed E-state index contributed by atoms with van der Waals surface area (Å²) < 4.78 is 61.2. The highest BCUT2D eigenvalue weighted by molar-refractivity contribution is 7.89. The number of alkyl halides is 3. The number of anilines is 2. The van der Waals surface area contributed by atoms with Crippen molar-refractivity contribution in [2.24, 2.45) is 5.14 Å². The number of nitrogen functional groups attached to an aromatic ring is 1. The Morgan fingerprint density at radius 3 is 2.26 bits per heavy atom. The molecule has 0 saturated heterocycles. The van der Waals surface area contributed by atoms with Crippen LogP contribution in [-0.4, -0.2) is 20.1 Å². The number of rotatable bonds is 3. The van der Waals surface area contributed by atoms with Crippen LogP contribution >= 0.6 is 0 Å². The largest absolute Gasteiger partial charge is 0.411 e. The van der Waals surface area contributed by atoms with Crippen molar-refractivity contribution in [3.63, 3.8) is 0 Å². The van der Waals surface area contributed by atoms with Gasteiger partial charge in [-0.25, -0.2) is 13.6 Å². The highest BCUT2D eigenvalue weighted by Gasteiger charge is 2.63. The maximum absolute atomic E-state index is 12.8. The topological polar surface area (TPSA) is 98.2 Å². The molecule has 1 aliphatic carbocycles. The molecular formula is C10H12F3N3O2S. The molecule has 5 N–H and O–H groups in total. The van der Waals surface area contributed by atoms with Gasteiger partial charge in [0.25, 0.3) is 0 Å². The van der Waals surface area contributed by atoms with E-state index in [1.807, 2.05) is 0 Å². The summed E-state index contributed by atoms with van der Waals surface area (Å²) in [6, 6.07) is 3.52. The Morgan fingerprint density at radius 2 is 1.84 bits per heavy atom. The zero-order valence-corrected chi connectivity index (χ0v) is 10.5. The van der Waals surface area contributed by atoms with Crippen molar-refractivity contribution in [2.75, 3.05) is 11.1 Å². The number of halogens is 3. The fourth-order valence-electron chi connectivity index (χ4n) is 1.74. The number of nitrogens with one attached hydrogen (secondary N) is 1. The van der Waals surface area contributed by atoms with Gasteiger partial charge in [0, 0.05) is 5.69 Å². The summed E-state index contributed by atoms with van der Waals surface area (Å²) in [5.41, 5.74) is 3.27. The predicted molar refractivity (Wildman–Crippen MR) is 63.9 cm³/mol. The van der Waals surface area contributed by atoms with E-state index in [0.29, 0.717) is 0 Å². The number of primary sulfonamides is 1. The van der Waals surface area contributed by atoms with Crippen LogP contribution in [0.25, 0.3) is 0 Å². The molecule has 0 atom stereocenters. The van der Waals surface area contributed by atoms with Crippen molar-refractivity contribution >= 4 is 21.4 Å². The van der Waals surface area contributed by atoms with Crippen molar-refractivity contribution in [2.45, 2.75) is 29.5 Å². The maximum atomic E-state index is 12.8. The molecule has 0 unspecified atom stereocenters. The Hall–Kier alpha value is -1.48. The fraction of sp³-hybridized carbons (Fsp3) is 0.400. The molecule has 1 aliphatic rings. The molecule has 5 nitrogen and oxygen atoms in total. The van der Waals surface area contributed by atoms with Gasteiger partial charge in [-0.2, -0.15) is 13.2 Å². The van der Waals surface area contributed by atoms with Crippen LogP contribution in [0.15, 0.2) is 23.1 Å². The first kappa shape index (κ1) is 13.9. The Bertz CT molecular complexity index is 609. The van der Waals surface area contributed by atoms with Gasteiger partial charge >= 0.3 is 6.18 Å². The van der Waals surface area contributed by atoms with Gasteiger partial charge in [-0.05, 0) is 31.0 Å². The number of nitrogens with two attached hydrogens (primary N) is 2. The third-order valence-electron chi connectivity index (χ3n) is 2.98. The smallest absolute Gasteiger partial charge is 0.399 e. The lowest BCUT2D eigenvalue weighted by Crippen LogP contribution is -2.39. The van der Waals surface area contributed by atoms with E-state index in [1.165, 1.54) is 12.1 Å². The lowest BCUT2D eigenvalue weighted by atomic mass is 10.2. The third kappa shape index (κ3) is 2.61. The zero-order chi connectivity index (χ0) is 14.5. The average Bonchev–Trinajstić information content (AvgIpc) is 2.99. The van der Waals surface area contributed by atoms with E-state index in [2.05, 4.69) is 5.32 Å². The van der Waals surface area contributed by atoms with Crippen LogP contribution in [-0.2, 0) is 10.0 Å². The van der Waals surface area contributed by atoms with E-state index in [0.717, 1.165) is 6.07 Å². The molecule has 19 heavy (non-hydrogen) atoms. The Labute approximate surface area is 107 Å². The van der Waals surface area contributed by atoms with Crippen molar-refractivity contribution in [3.05, 3.63) is 18.2 Å². The summed E-state index contributed by atoms with van der Waals surface area (Å²) >= 11 is 0. The van der Waals surface area contributed by atoms with Crippen molar-refractivity contribution < 1.29 is 21.6 Å². The summed E-state index contributed by atoms with van der Waals surface area (Å²) in [5, 5.41) is 7.20. The van der Waals surface area contributed by atoms with E-state index in [-0.39, 0.29) is 24.2 Å². The van der Waals surface area contributed by atoms with Crippen LogP contribution in [0.4, 0.5) is 24.5 Å². The number of sulfonamides is 1. The molecule has 9 heteroatoms. The van der Waals surface area contributed by atoms with E-state index in [4.69, 9.17) is 10.9 Å². The molecule has 0 bridgehead atoms. The van der Waals surface area contributed by atoms with E-state index >= 15 is 0 Å². The summed E-state index contributed by atoms with van der Waals surface area (Å²) in [6.07, 6.45) is -4.67. The Balaban J connectivity index is 2.42. The molecule has 1 aromatic carbocycles. The second-order valence-corrected chi connectivity index (χ2v) is 6.04. The van der Waals surface area contributed by atoms with Crippen molar-refractivity contribution in [3.8, 4) is 0 Å². The van der Waals surface area contributed by atoms with Gasteiger partial charge in [-0.15, -0.1) is 0 Å². The second kappa shape index (κ2) is 4.01. The predicted octanol–water partition coefficient (Wildman–Crippen LogP) is 1.42. The first-order chi connectivity index (χ1) is 8.55. The van der Waals surface area contributed by atoms with Gasteiger partial charge in [0.05, 0.1) is 5.69 Å². The standard InChI is InChI=1S/C10H12F3N3O2S/c11-10(12,13)9(3-4-9)16-7-2-1-6(14)5-8(7)19(15,17)18/h1-2,5,16H,3-4,14H2,(H2,15,17,18). The Morgan fingerprint density at radius 1 is 1.26 bits per heavy atom. The third-order valence-corrected chi connectivity index (χ3v) is 3.93. The maximum Gasteiger partial charge on any atom is 0.411 e. The Kier molecular flexibility index (Phi) is 2.94. The molecule has 1 saturated carbocycles. The molecule has 0 aliphatic heterocycles. The van der Waals surface area contributed by atoms with E-state index < -0.39 is 26.6 Å². The molecular weight excluding hydrogens is 283 g/mol. The van der Waals surface area contributed by atoms with Gasteiger partial charge in [0.2, 0.25) is 10.0 Å². The molecule has 0 aromatic heterocycles. The van der Waals surface area contributed by atoms with E-state index in [9.17, 15) is 21.6 Å². The van der Waals surface area contributed by atoms with Crippen LogP contribution in [0.1, 0.15) is 12.8 Å². The molecule has 0 amide bonds. The zero-order valence-electron chi connectivity index (χ0n) is 9.66. The summed E-state index contributed by atoms with van der Waals surface area (Å²) in [5.74, 6) is 0. The summed E-state index contributed by atoms with van der Waals surface area (Å²) in [7, 11) is -4.16. The first-order valence-electron chi connectivity index (χ1n) is 5.32. The number of hydrogen-bond donors (Lipinski definition) is 3. The minimum absolute atomic E-state index is 0.103. The lowest BCUT2D eigenvalue weighted by Gasteiger charge is -2.23. The van der Waals surface area contributed by atoms with Gasteiger partial charge in [0.15, 0.2) is 0 Å². The van der Waals surface area contributed by atoms with Gasteiger partial charge < -0.3 is 11.1 Å². The minimum atomic E-state index is -4.45. The fourth-order valence-corrected chi connectivity index (χ4v) is 2.47. The monoisotopic (exact) mass is 295 g/mol. The molecule has 2 rings (SSSR count). The minimum Gasteiger partial charge on any atom is -0.399 e. The number of benzene rings is 1. The SMILES string of the molecule is Nc1ccc(NC2(C(F)(F)F)CC2)c(S(N)(=O)=O)c1. The highest BCUT2D eigenvalue weighted by Crippen LogP contribution is 2.51. The summed E-state index contributed by atoms with van der Waals surface area (Å²) in [4.78, 5) is -0.442. The quantitative estimate of drug-likeness (QED) is 0.734. The molecule has 0 radical (unpaired) electrons. The number of hydrogen-bond acceptors (Lipinski definition) is 4. The van der Waals surface area contributed by atoms with E-state index in [1.54, 1.807) is 0 Å². The summed E-state index contributed by atoms with van der Waals surface area (Å²) in [6.45, 7) is 0. The lowest BCUT2D eigenvalue weighted by molar-refractivity contribution is -0.151. The van der Waals surface area contributed by atoms with Crippen molar-refractivity contribution in [1.82, 2.24) is 0 Å². The molecule has 0 spiro atoms. The molecule has 1 fully saturated rings. The average molecular weight is 295 g/mol. The van der Waals surface area contributed by atoms with Crippen LogP contribution in [0.2, 0.25) is 0 Å².